The number of hydrogen-bond acceptors (Lipinski definition) is 4. The van der Waals surface area contributed by atoms with E-state index in [2.05, 4.69) is 0 Å². The van der Waals surface area contributed by atoms with Crippen molar-refractivity contribution >= 4 is 28.7 Å². The minimum atomic E-state index is -0.767. The van der Waals surface area contributed by atoms with Gasteiger partial charge in [-0.1, -0.05) is 35.9 Å². The first-order valence-electron chi connectivity index (χ1n) is 7.11. The van der Waals surface area contributed by atoms with Crippen LogP contribution < -0.4 is 4.74 Å². The van der Waals surface area contributed by atoms with Crippen molar-refractivity contribution in [3.63, 3.8) is 0 Å². The summed E-state index contributed by atoms with van der Waals surface area (Å²) in [6.45, 7) is 4.01. The van der Waals surface area contributed by atoms with Crippen LogP contribution in [0.25, 0.3) is 10.8 Å². The lowest BCUT2D eigenvalue weighted by molar-refractivity contribution is -0.0121. The van der Waals surface area contributed by atoms with Crippen LogP contribution in [-0.4, -0.2) is 36.8 Å². The molecular formula is C17H19ClO4. The van der Waals surface area contributed by atoms with Crippen LogP contribution in [0.3, 0.4) is 0 Å². The summed E-state index contributed by atoms with van der Waals surface area (Å²) in [5.41, 5.74) is 0.362. The van der Waals surface area contributed by atoms with Crippen molar-refractivity contribution in [2.24, 2.45) is 0 Å². The number of carbonyl (C=O) groups excluding carboxylic acids is 1. The molecule has 0 saturated heterocycles. The van der Waals surface area contributed by atoms with Crippen molar-refractivity contribution in [1.29, 1.82) is 0 Å². The van der Waals surface area contributed by atoms with E-state index in [-0.39, 0.29) is 19.3 Å². The number of hydrogen-bond donors (Lipinski definition) is 1. The number of aliphatic hydroxyl groups excluding tert-OH is 1. The number of rotatable bonds is 7. The summed E-state index contributed by atoms with van der Waals surface area (Å²) in [7, 11) is 0. The molecule has 0 fully saturated rings. The Morgan fingerprint density at radius 3 is 2.55 bits per heavy atom. The minimum absolute atomic E-state index is 0.0385. The summed E-state index contributed by atoms with van der Waals surface area (Å²) in [6, 6.07) is 8.98. The molecule has 22 heavy (non-hydrogen) atoms. The van der Waals surface area contributed by atoms with E-state index in [1.165, 1.54) is 0 Å². The third-order valence-corrected chi connectivity index (χ3v) is 3.46. The van der Waals surface area contributed by atoms with E-state index >= 15 is 0 Å². The molecule has 2 aromatic rings. The number of aliphatic hydroxyl groups is 1. The summed E-state index contributed by atoms with van der Waals surface area (Å²) in [6.07, 6.45) is -0.0297. The highest BCUT2D eigenvalue weighted by Gasteiger charge is 2.14. The average molecular weight is 323 g/mol. The number of benzene rings is 2. The van der Waals surface area contributed by atoms with Gasteiger partial charge in [-0.3, -0.25) is 4.79 Å². The highest BCUT2D eigenvalue weighted by molar-refractivity contribution is 6.36. The first-order chi connectivity index (χ1) is 10.5. The van der Waals surface area contributed by atoms with E-state index in [0.29, 0.717) is 22.6 Å². The Kier molecular flexibility index (Phi) is 5.77. The Labute approximate surface area is 134 Å². The van der Waals surface area contributed by atoms with Gasteiger partial charge in [0.1, 0.15) is 18.5 Å². The Hall–Kier alpha value is -1.62. The van der Waals surface area contributed by atoms with Crippen molar-refractivity contribution in [2.45, 2.75) is 26.1 Å². The fourth-order valence-electron chi connectivity index (χ4n) is 2.10. The molecule has 5 heteroatoms. The van der Waals surface area contributed by atoms with Gasteiger partial charge in [0.05, 0.1) is 18.3 Å². The lowest BCUT2D eigenvalue weighted by atomic mass is 10.1. The average Bonchev–Trinajstić information content (AvgIpc) is 2.51. The fourth-order valence-corrected chi connectivity index (χ4v) is 2.39. The second kappa shape index (κ2) is 7.58. The van der Waals surface area contributed by atoms with Crippen LogP contribution in [0.4, 0.5) is 0 Å². The van der Waals surface area contributed by atoms with E-state index in [9.17, 15) is 9.90 Å². The van der Waals surface area contributed by atoms with Gasteiger partial charge in [0.2, 0.25) is 0 Å². The second-order valence-corrected chi connectivity index (χ2v) is 5.69. The van der Waals surface area contributed by atoms with Crippen LogP contribution in [0.15, 0.2) is 30.3 Å². The lowest BCUT2D eigenvalue weighted by Crippen LogP contribution is -2.25. The Morgan fingerprint density at radius 1 is 1.23 bits per heavy atom. The smallest absolute Gasteiger partial charge is 0.153 e. The maximum Gasteiger partial charge on any atom is 0.153 e. The van der Waals surface area contributed by atoms with Crippen LogP contribution >= 0.6 is 11.6 Å². The lowest BCUT2D eigenvalue weighted by Gasteiger charge is -2.17. The molecule has 1 atom stereocenters. The summed E-state index contributed by atoms with van der Waals surface area (Å²) in [5, 5.41) is 11.9. The molecule has 0 aliphatic heterocycles. The molecule has 2 rings (SSSR count). The minimum Gasteiger partial charge on any atom is -0.489 e. The monoisotopic (exact) mass is 322 g/mol. The summed E-state index contributed by atoms with van der Waals surface area (Å²) >= 11 is 6.18. The molecule has 1 unspecified atom stereocenters. The molecular weight excluding hydrogens is 304 g/mol. The van der Waals surface area contributed by atoms with Crippen molar-refractivity contribution in [1.82, 2.24) is 0 Å². The Bertz CT molecular complexity index is 654. The molecule has 0 bridgehead atoms. The van der Waals surface area contributed by atoms with Gasteiger partial charge < -0.3 is 14.6 Å². The molecule has 1 N–H and O–H groups in total. The van der Waals surface area contributed by atoms with Gasteiger partial charge in [-0.2, -0.15) is 0 Å². The predicted octanol–water partition coefficient (Wildman–Crippen LogP) is 3.47. The van der Waals surface area contributed by atoms with Gasteiger partial charge in [-0.25, -0.2) is 0 Å². The third kappa shape index (κ3) is 3.97. The van der Waals surface area contributed by atoms with E-state index < -0.39 is 6.10 Å². The topological polar surface area (TPSA) is 55.8 Å². The second-order valence-electron chi connectivity index (χ2n) is 5.29. The van der Waals surface area contributed by atoms with Crippen molar-refractivity contribution in [2.75, 3.05) is 13.2 Å². The number of carbonyl (C=O) groups is 1. The van der Waals surface area contributed by atoms with Gasteiger partial charge in [0.25, 0.3) is 0 Å². The van der Waals surface area contributed by atoms with Crippen molar-refractivity contribution in [3.05, 3.63) is 40.9 Å². The number of fused-ring (bicyclic) bond motifs is 1. The first-order valence-corrected chi connectivity index (χ1v) is 7.49. The predicted molar refractivity (Wildman–Crippen MR) is 86.9 cm³/mol. The van der Waals surface area contributed by atoms with Gasteiger partial charge in [0.15, 0.2) is 6.29 Å². The highest BCUT2D eigenvalue weighted by atomic mass is 35.5. The molecule has 4 nitrogen and oxygen atoms in total. The van der Waals surface area contributed by atoms with E-state index in [0.717, 1.165) is 10.8 Å². The summed E-state index contributed by atoms with van der Waals surface area (Å²) < 4.78 is 11.0. The quantitative estimate of drug-likeness (QED) is 0.793. The molecule has 0 amide bonds. The number of aldehydes is 1. The normalized spacial score (nSPS) is 12.6. The molecule has 118 valence electrons. The first kappa shape index (κ1) is 16.7. The van der Waals surface area contributed by atoms with E-state index in [1.54, 1.807) is 6.07 Å². The zero-order chi connectivity index (χ0) is 16.1. The van der Waals surface area contributed by atoms with Crippen LogP contribution in [0.1, 0.15) is 24.2 Å². The van der Waals surface area contributed by atoms with Crippen molar-refractivity contribution < 1.29 is 19.4 Å². The SMILES string of the molecule is CC(C)OCC(O)COc1c(C=O)cc(Cl)c2ccccc12. The fraction of sp³-hybridized carbons (Fsp3) is 0.353. The highest BCUT2D eigenvalue weighted by Crippen LogP contribution is 2.34. The van der Waals surface area contributed by atoms with Gasteiger partial charge >= 0.3 is 0 Å². The van der Waals surface area contributed by atoms with Gasteiger partial charge in [-0.05, 0) is 19.9 Å². The molecule has 0 aliphatic rings. The maximum absolute atomic E-state index is 11.3. The molecule has 0 heterocycles. The van der Waals surface area contributed by atoms with Crippen molar-refractivity contribution in [3.8, 4) is 5.75 Å². The van der Waals surface area contributed by atoms with Crippen LogP contribution in [0, 0.1) is 0 Å². The number of halogens is 1. The zero-order valence-electron chi connectivity index (χ0n) is 12.6. The summed E-state index contributed by atoms with van der Waals surface area (Å²) in [4.78, 5) is 11.3. The molecule has 0 aromatic heterocycles. The van der Waals surface area contributed by atoms with Crippen LogP contribution in [0.2, 0.25) is 5.02 Å². The molecule has 0 radical (unpaired) electrons. The summed E-state index contributed by atoms with van der Waals surface area (Å²) in [5.74, 6) is 0.429. The molecule has 0 aliphatic carbocycles. The standard InChI is InChI=1S/C17H19ClO4/c1-11(2)21-9-13(20)10-22-17-12(8-19)7-16(18)14-5-3-4-6-15(14)17/h3-8,11,13,20H,9-10H2,1-2H3. The van der Waals surface area contributed by atoms with E-state index in [4.69, 9.17) is 21.1 Å². The Balaban J connectivity index is 2.23. The molecule has 0 spiro atoms. The Morgan fingerprint density at radius 2 is 1.91 bits per heavy atom. The molecule has 0 saturated carbocycles. The molecule has 2 aromatic carbocycles. The number of ether oxygens (including phenoxy) is 2. The van der Waals surface area contributed by atoms with Gasteiger partial charge in [-0.15, -0.1) is 0 Å². The third-order valence-electron chi connectivity index (χ3n) is 3.14. The van der Waals surface area contributed by atoms with Crippen LogP contribution in [-0.2, 0) is 4.74 Å². The maximum atomic E-state index is 11.3. The van der Waals surface area contributed by atoms with E-state index in [1.807, 2.05) is 38.1 Å². The zero-order valence-corrected chi connectivity index (χ0v) is 13.3. The largest absolute Gasteiger partial charge is 0.489 e. The van der Waals surface area contributed by atoms with Gasteiger partial charge in [0, 0.05) is 15.8 Å². The van der Waals surface area contributed by atoms with Crippen LogP contribution in [0.5, 0.6) is 5.75 Å².